The number of nitrogens with zero attached hydrogens (tertiary/aromatic N) is 4. The van der Waals surface area contributed by atoms with Crippen molar-refractivity contribution in [3.8, 4) is 22.2 Å². The highest BCUT2D eigenvalue weighted by atomic mass is 32.1. The fraction of sp³-hybridized carbons (Fsp3) is 0.227. The number of hydrogen-bond acceptors (Lipinski definition) is 6. The summed E-state index contributed by atoms with van der Waals surface area (Å²) >= 11 is 1.68. The van der Waals surface area contributed by atoms with Gasteiger partial charge in [-0.3, -0.25) is 4.90 Å². The Hall–Kier alpha value is -2.83. The van der Waals surface area contributed by atoms with E-state index >= 15 is 0 Å². The van der Waals surface area contributed by atoms with Gasteiger partial charge in [-0.05, 0) is 30.5 Å². The van der Waals surface area contributed by atoms with Crippen molar-refractivity contribution in [2.24, 2.45) is 0 Å². The van der Waals surface area contributed by atoms with E-state index in [0.29, 0.717) is 5.89 Å². The summed E-state index contributed by atoms with van der Waals surface area (Å²) in [6, 6.07) is 14.1. The van der Waals surface area contributed by atoms with Crippen molar-refractivity contribution in [3.05, 3.63) is 76.8 Å². The Labute approximate surface area is 167 Å². The lowest BCUT2D eigenvalue weighted by Crippen LogP contribution is -2.31. The molecule has 28 heavy (non-hydrogen) atoms. The van der Waals surface area contributed by atoms with Crippen molar-refractivity contribution in [3.63, 3.8) is 0 Å². The molecule has 0 spiro atoms. The number of oxazole rings is 1. The maximum absolute atomic E-state index is 5.91. The number of benzene rings is 1. The molecule has 3 aromatic heterocycles. The van der Waals surface area contributed by atoms with E-state index in [-0.39, 0.29) is 0 Å². The van der Waals surface area contributed by atoms with Gasteiger partial charge in [-0.15, -0.1) is 11.3 Å². The smallest absolute Gasteiger partial charge is 0.226 e. The summed E-state index contributed by atoms with van der Waals surface area (Å²) in [5.41, 5.74) is 4.38. The van der Waals surface area contributed by atoms with Crippen LogP contribution < -0.4 is 0 Å². The Kier molecular flexibility index (Phi) is 4.50. The molecule has 0 bridgehead atoms. The molecule has 0 saturated carbocycles. The van der Waals surface area contributed by atoms with E-state index in [1.54, 1.807) is 11.3 Å². The van der Waals surface area contributed by atoms with Gasteiger partial charge in [0, 0.05) is 43.4 Å². The average molecular weight is 388 g/mol. The maximum Gasteiger partial charge on any atom is 0.226 e. The zero-order valence-electron chi connectivity index (χ0n) is 15.6. The van der Waals surface area contributed by atoms with Crippen LogP contribution in [0.5, 0.6) is 0 Å². The van der Waals surface area contributed by atoms with Crippen molar-refractivity contribution in [1.29, 1.82) is 0 Å². The summed E-state index contributed by atoms with van der Waals surface area (Å²) in [6.07, 6.45) is 2.91. The van der Waals surface area contributed by atoms with Crippen molar-refractivity contribution < 1.29 is 4.42 Å². The van der Waals surface area contributed by atoms with Gasteiger partial charge < -0.3 is 4.42 Å². The summed E-state index contributed by atoms with van der Waals surface area (Å²) < 4.78 is 5.91. The summed E-state index contributed by atoms with van der Waals surface area (Å²) in [5, 5.41) is 2.06. The summed E-state index contributed by atoms with van der Waals surface area (Å²) in [7, 11) is 0. The van der Waals surface area contributed by atoms with Gasteiger partial charge in [0.1, 0.15) is 5.76 Å². The molecule has 6 heteroatoms. The molecule has 1 aromatic carbocycles. The van der Waals surface area contributed by atoms with Crippen LogP contribution in [-0.2, 0) is 19.5 Å². The highest BCUT2D eigenvalue weighted by Crippen LogP contribution is 2.26. The van der Waals surface area contributed by atoms with Gasteiger partial charge in [-0.25, -0.2) is 15.0 Å². The highest BCUT2D eigenvalue weighted by molar-refractivity contribution is 7.13. The van der Waals surface area contributed by atoms with Gasteiger partial charge in [0.15, 0.2) is 5.82 Å². The van der Waals surface area contributed by atoms with Gasteiger partial charge in [0.2, 0.25) is 5.89 Å². The molecule has 4 aromatic rings. The molecule has 0 saturated heterocycles. The van der Waals surface area contributed by atoms with E-state index in [4.69, 9.17) is 14.4 Å². The van der Waals surface area contributed by atoms with Crippen LogP contribution in [0.4, 0.5) is 0 Å². The molecule has 0 atom stereocenters. The molecule has 1 aliphatic rings. The third-order valence-corrected chi connectivity index (χ3v) is 5.91. The van der Waals surface area contributed by atoms with Crippen LogP contribution in [0, 0.1) is 6.92 Å². The fourth-order valence-corrected chi connectivity index (χ4v) is 4.19. The number of thiophene rings is 1. The van der Waals surface area contributed by atoms with Gasteiger partial charge >= 0.3 is 0 Å². The Balaban J connectivity index is 1.33. The van der Waals surface area contributed by atoms with E-state index in [0.717, 1.165) is 59.5 Å². The minimum atomic E-state index is 0.689. The topological polar surface area (TPSA) is 55.1 Å². The molecule has 1 aliphatic heterocycles. The number of aromatic nitrogens is 3. The minimum Gasteiger partial charge on any atom is -0.441 e. The van der Waals surface area contributed by atoms with Crippen LogP contribution in [0.1, 0.15) is 22.7 Å². The summed E-state index contributed by atoms with van der Waals surface area (Å²) in [6.45, 7) is 4.56. The SMILES string of the molecule is Cc1oc(-c2ccccc2)nc1CN1CCc2nc(-c3cccs3)ncc2C1. The fourth-order valence-electron chi connectivity index (χ4n) is 3.52. The molecule has 0 aliphatic carbocycles. The van der Waals surface area contributed by atoms with E-state index in [2.05, 4.69) is 21.3 Å². The molecule has 5 rings (SSSR count). The van der Waals surface area contributed by atoms with Gasteiger partial charge in [0.05, 0.1) is 16.3 Å². The van der Waals surface area contributed by atoms with Crippen molar-refractivity contribution in [2.75, 3.05) is 6.54 Å². The zero-order chi connectivity index (χ0) is 18.9. The molecule has 4 heterocycles. The lowest BCUT2D eigenvalue weighted by Gasteiger charge is -2.27. The zero-order valence-corrected chi connectivity index (χ0v) is 16.4. The van der Waals surface area contributed by atoms with Crippen LogP contribution in [0.25, 0.3) is 22.2 Å². The molecule has 0 fully saturated rings. The molecule has 5 nitrogen and oxygen atoms in total. The molecule has 0 radical (unpaired) electrons. The van der Waals surface area contributed by atoms with Crippen LogP contribution in [0.2, 0.25) is 0 Å². The predicted molar refractivity (Wildman–Crippen MR) is 110 cm³/mol. The van der Waals surface area contributed by atoms with Crippen molar-refractivity contribution >= 4 is 11.3 Å². The number of hydrogen-bond donors (Lipinski definition) is 0. The lowest BCUT2D eigenvalue weighted by atomic mass is 10.1. The van der Waals surface area contributed by atoms with Crippen LogP contribution >= 0.6 is 11.3 Å². The second-order valence-corrected chi connectivity index (χ2v) is 7.94. The third-order valence-electron chi connectivity index (χ3n) is 5.04. The van der Waals surface area contributed by atoms with E-state index in [1.165, 1.54) is 5.56 Å². The number of fused-ring (bicyclic) bond motifs is 1. The first kappa shape index (κ1) is 17.3. The van der Waals surface area contributed by atoms with Gasteiger partial charge in [-0.2, -0.15) is 0 Å². The Morgan fingerprint density at radius 2 is 2.00 bits per heavy atom. The largest absolute Gasteiger partial charge is 0.441 e. The standard InChI is InChI=1S/C22H20N4OS/c1-15-19(25-22(27-15)16-6-3-2-4-7-16)14-26-10-9-18-17(13-26)12-23-21(24-18)20-8-5-11-28-20/h2-8,11-12H,9-10,13-14H2,1H3. The first-order chi connectivity index (χ1) is 13.8. The summed E-state index contributed by atoms with van der Waals surface area (Å²) in [5.74, 6) is 2.41. The van der Waals surface area contributed by atoms with Crippen LogP contribution in [0.15, 0.2) is 58.5 Å². The second-order valence-electron chi connectivity index (χ2n) is 6.99. The quantitative estimate of drug-likeness (QED) is 0.506. The normalized spacial score (nSPS) is 14.2. The molecular weight excluding hydrogens is 368 g/mol. The molecule has 0 N–H and O–H groups in total. The Morgan fingerprint density at radius 3 is 2.82 bits per heavy atom. The van der Waals surface area contributed by atoms with E-state index in [9.17, 15) is 0 Å². The number of aryl methyl sites for hydroxylation is 1. The third kappa shape index (κ3) is 3.37. The Morgan fingerprint density at radius 1 is 1.11 bits per heavy atom. The Bertz CT molecular complexity index is 1090. The van der Waals surface area contributed by atoms with E-state index in [1.807, 2.05) is 49.5 Å². The van der Waals surface area contributed by atoms with Gasteiger partial charge in [-0.1, -0.05) is 24.3 Å². The van der Waals surface area contributed by atoms with Crippen molar-refractivity contribution in [2.45, 2.75) is 26.4 Å². The summed E-state index contributed by atoms with van der Waals surface area (Å²) in [4.78, 5) is 17.6. The molecule has 140 valence electrons. The predicted octanol–water partition coefficient (Wildman–Crippen LogP) is 4.73. The average Bonchev–Trinajstić information content (AvgIpc) is 3.39. The first-order valence-electron chi connectivity index (χ1n) is 9.39. The van der Waals surface area contributed by atoms with Gasteiger partial charge in [0.25, 0.3) is 0 Å². The number of rotatable bonds is 4. The minimum absolute atomic E-state index is 0.689. The monoisotopic (exact) mass is 388 g/mol. The highest BCUT2D eigenvalue weighted by Gasteiger charge is 2.21. The van der Waals surface area contributed by atoms with Crippen LogP contribution in [0.3, 0.4) is 0 Å². The molecule has 0 unspecified atom stereocenters. The van der Waals surface area contributed by atoms with E-state index < -0.39 is 0 Å². The van der Waals surface area contributed by atoms with Crippen LogP contribution in [-0.4, -0.2) is 26.4 Å². The second kappa shape index (κ2) is 7.30. The van der Waals surface area contributed by atoms with Crippen molar-refractivity contribution in [1.82, 2.24) is 19.9 Å². The molecular formula is C22H20N4OS. The lowest BCUT2D eigenvalue weighted by molar-refractivity contribution is 0.239. The maximum atomic E-state index is 5.91. The molecule has 0 amide bonds. The first-order valence-corrected chi connectivity index (χ1v) is 10.3.